The fourth-order valence-electron chi connectivity index (χ4n) is 11.3. The summed E-state index contributed by atoms with van der Waals surface area (Å²) in [6.07, 6.45) is 0. The van der Waals surface area contributed by atoms with Crippen molar-refractivity contribution in [1.29, 1.82) is 0 Å². The molecule has 13 rings (SSSR count). The molecule has 12 aromatic carbocycles. The normalized spacial score (nSPS) is 11.6. The van der Waals surface area contributed by atoms with Gasteiger partial charge in [0.15, 0.2) is 0 Å². The highest BCUT2D eigenvalue weighted by molar-refractivity contribution is 6.14. The Labute approximate surface area is 451 Å². The molecule has 0 bridgehead atoms. The van der Waals surface area contributed by atoms with Gasteiger partial charge in [-0.25, -0.2) is 0 Å². The predicted octanol–water partition coefficient (Wildman–Crippen LogP) is 21.7. The maximum Gasteiger partial charge on any atom is 0.136 e. The molecule has 3 nitrogen and oxygen atoms in total. The second kappa shape index (κ2) is 20.0. The summed E-state index contributed by atoms with van der Waals surface area (Å²) in [5.41, 5.74) is 20.3. The average Bonchev–Trinajstić information content (AvgIpc) is 3.91. The van der Waals surface area contributed by atoms with Crippen LogP contribution in [0.1, 0.15) is 50.7 Å². The Morgan fingerprint density at radius 1 is 0.273 bits per heavy atom. The molecule has 0 radical (unpaired) electrons. The Morgan fingerprint density at radius 2 is 0.610 bits per heavy atom. The van der Waals surface area contributed by atoms with Crippen molar-refractivity contribution in [1.82, 2.24) is 0 Å². The third-order valence-corrected chi connectivity index (χ3v) is 15.4. The van der Waals surface area contributed by atoms with E-state index in [4.69, 9.17) is 4.42 Å². The lowest BCUT2D eigenvalue weighted by atomic mass is 9.94. The molecule has 0 aliphatic carbocycles. The Kier molecular flexibility index (Phi) is 12.3. The fourth-order valence-corrected chi connectivity index (χ4v) is 11.3. The summed E-state index contributed by atoms with van der Waals surface area (Å²) in [6.45, 7) is 9.09. The zero-order valence-electron chi connectivity index (χ0n) is 43.9. The molecule has 1 aromatic heterocycles. The monoisotopic (exact) mass is 990 g/mol. The zero-order valence-corrected chi connectivity index (χ0v) is 43.9. The van der Waals surface area contributed by atoms with E-state index in [9.17, 15) is 0 Å². The van der Waals surface area contributed by atoms with Crippen LogP contribution in [0.5, 0.6) is 0 Å². The van der Waals surface area contributed by atoms with Crippen LogP contribution >= 0.6 is 0 Å². The number of anilines is 6. The standard InChI is InChI=1S/C74H58N2O/c1-49(2)55-35-39-65(53-25-13-7-14-26-53)71(45-55)75(69-31-19-17-29-63(69)51-21-9-5-10-22-51)61-37-33-57-43-67-68-44-58-34-38-62(42-60(58)48-74(68)77-73(67)47-59(57)41-61)76(70-32-20-18-30-64(70)52-23-11-6-12-24-52)72-46-56(50(3)4)36-40-66(72)54-27-15-8-16-28-54/h5-50H,1-4H3. The van der Waals surface area contributed by atoms with Crippen molar-refractivity contribution in [3.8, 4) is 44.5 Å². The number of fused-ring (bicyclic) bond motifs is 5. The summed E-state index contributed by atoms with van der Waals surface area (Å²) in [5.74, 6) is 0.686. The van der Waals surface area contributed by atoms with Crippen LogP contribution in [-0.2, 0) is 0 Å². The quantitative estimate of drug-likeness (QED) is 0.122. The summed E-state index contributed by atoms with van der Waals surface area (Å²) in [5, 5.41) is 6.72. The maximum atomic E-state index is 6.97. The largest absolute Gasteiger partial charge is 0.456 e. The lowest BCUT2D eigenvalue weighted by Gasteiger charge is -2.31. The molecule has 77 heavy (non-hydrogen) atoms. The molecular formula is C74H58N2O. The van der Waals surface area contributed by atoms with Crippen molar-refractivity contribution < 1.29 is 4.42 Å². The van der Waals surface area contributed by atoms with Gasteiger partial charge in [0, 0.05) is 44.4 Å². The Hall–Kier alpha value is -9.44. The van der Waals surface area contributed by atoms with E-state index < -0.39 is 0 Å². The minimum atomic E-state index is 0.343. The molecule has 0 saturated carbocycles. The van der Waals surface area contributed by atoms with Crippen molar-refractivity contribution in [3.63, 3.8) is 0 Å². The number of rotatable bonds is 12. The molecule has 0 aliphatic heterocycles. The minimum Gasteiger partial charge on any atom is -0.456 e. The summed E-state index contributed by atoms with van der Waals surface area (Å²) < 4.78 is 6.97. The van der Waals surface area contributed by atoms with E-state index in [1.807, 2.05) is 0 Å². The maximum absolute atomic E-state index is 6.97. The van der Waals surface area contributed by atoms with Gasteiger partial charge in [0.25, 0.3) is 0 Å². The number of furan rings is 1. The molecule has 0 fully saturated rings. The number of benzene rings is 12. The molecule has 0 saturated heterocycles. The highest BCUT2D eigenvalue weighted by Gasteiger charge is 2.25. The Bertz CT molecular complexity index is 4000. The van der Waals surface area contributed by atoms with Crippen LogP contribution in [0.15, 0.2) is 271 Å². The Morgan fingerprint density at radius 3 is 0.974 bits per heavy atom. The molecule has 3 heteroatoms. The summed E-state index contributed by atoms with van der Waals surface area (Å²) >= 11 is 0. The number of nitrogens with zero attached hydrogens (tertiary/aromatic N) is 2. The van der Waals surface area contributed by atoms with E-state index in [1.54, 1.807) is 0 Å². The second-order valence-electron chi connectivity index (χ2n) is 20.9. The minimum absolute atomic E-state index is 0.343. The van der Waals surface area contributed by atoms with Crippen LogP contribution in [0.2, 0.25) is 0 Å². The van der Waals surface area contributed by atoms with Crippen molar-refractivity contribution >= 4 is 77.6 Å². The van der Waals surface area contributed by atoms with E-state index in [-0.39, 0.29) is 0 Å². The fraction of sp³-hybridized carbons (Fsp3) is 0.0811. The smallest absolute Gasteiger partial charge is 0.136 e. The third-order valence-electron chi connectivity index (χ3n) is 15.4. The SMILES string of the molecule is CC(C)c1ccc(-c2ccccc2)c(N(c2ccc3cc4c(cc3c2)oc2cc3cc(N(c5ccccc5-c5ccccc5)c5cc(C(C)C)ccc5-c5ccccc5)ccc3cc24)c2ccccc2-c2ccccc2)c1. The van der Waals surface area contributed by atoms with Gasteiger partial charge in [0.2, 0.25) is 0 Å². The predicted molar refractivity (Wildman–Crippen MR) is 328 cm³/mol. The van der Waals surface area contributed by atoms with Crippen molar-refractivity contribution in [2.75, 3.05) is 9.80 Å². The highest BCUT2D eigenvalue weighted by atomic mass is 16.3. The van der Waals surface area contributed by atoms with Crippen LogP contribution in [0, 0.1) is 0 Å². The van der Waals surface area contributed by atoms with Gasteiger partial charge in [0.05, 0.1) is 22.7 Å². The molecule has 0 N–H and O–H groups in total. The van der Waals surface area contributed by atoms with E-state index >= 15 is 0 Å². The van der Waals surface area contributed by atoms with Crippen LogP contribution in [0.25, 0.3) is 88.0 Å². The van der Waals surface area contributed by atoms with Crippen LogP contribution < -0.4 is 9.80 Å². The zero-order chi connectivity index (χ0) is 52.0. The summed E-state index contributed by atoms with van der Waals surface area (Å²) in [6, 6.07) is 97.5. The first-order chi connectivity index (χ1) is 37.8. The molecule has 0 aliphatic rings. The van der Waals surface area contributed by atoms with Gasteiger partial charge in [-0.15, -0.1) is 0 Å². The van der Waals surface area contributed by atoms with Crippen LogP contribution in [0.3, 0.4) is 0 Å². The molecule has 0 spiro atoms. The summed E-state index contributed by atoms with van der Waals surface area (Å²) in [4.78, 5) is 4.93. The van der Waals surface area contributed by atoms with E-state index in [0.29, 0.717) is 11.8 Å². The molecule has 1 heterocycles. The highest BCUT2D eigenvalue weighted by Crippen LogP contribution is 2.49. The van der Waals surface area contributed by atoms with Gasteiger partial charge in [-0.2, -0.15) is 0 Å². The van der Waals surface area contributed by atoms with E-state index in [1.165, 1.54) is 44.5 Å². The van der Waals surface area contributed by atoms with Gasteiger partial charge in [-0.05, 0) is 140 Å². The van der Waals surface area contributed by atoms with Crippen molar-refractivity contribution in [3.05, 3.63) is 278 Å². The third kappa shape index (κ3) is 8.90. The first-order valence-electron chi connectivity index (χ1n) is 26.9. The van der Waals surface area contributed by atoms with Gasteiger partial charge >= 0.3 is 0 Å². The van der Waals surface area contributed by atoms with Crippen molar-refractivity contribution in [2.45, 2.75) is 39.5 Å². The van der Waals surface area contributed by atoms with E-state index in [0.717, 1.165) is 88.7 Å². The first-order valence-corrected chi connectivity index (χ1v) is 26.9. The lowest BCUT2D eigenvalue weighted by Crippen LogP contribution is -2.13. The molecule has 0 amide bonds. The molecule has 13 aromatic rings. The molecule has 0 atom stereocenters. The number of hydrogen-bond acceptors (Lipinski definition) is 3. The lowest BCUT2D eigenvalue weighted by molar-refractivity contribution is 0.670. The Balaban J connectivity index is 0.974. The van der Waals surface area contributed by atoms with Gasteiger partial charge in [0.1, 0.15) is 11.2 Å². The average molecular weight is 991 g/mol. The van der Waals surface area contributed by atoms with Gasteiger partial charge in [-0.1, -0.05) is 222 Å². The number of para-hydroxylation sites is 2. The molecule has 370 valence electrons. The second-order valence-corrected chi connectivity index (χ2v) is 20.9. The van der Waals surface area contributed by atoms with E-state index in [2.05, 4.69) is 304 Å². The van der Waals surface area contributed by atoms with Gasteiger partial charge in [-0.3, -0.25) is 0 Å². The molecule has 0 unspecified atom stereocenters. The van der Waals surface area contributed by atoms with Crippen molar-refractivity contribution in [2.24, 2.45) is 0 Å². The first kappa shape index (κ1) is 47.3. The summed E-state index contributed by atoms with van der Waals surface area (Å²) in [7, 11) is 0. The topological polar surface area (TPSA) is 19.6 Å². The number of hydrogen-bond donors (Lipinski definition) is 0. The van der Waals surface area contributed by atoms with Gasteiger partial charge < -0.3 is 14.2 Å². The van der Waals surface area contributed by atoms with Crippen LogP contribution in [-0.4, -0.2) is 0 Å². The van der Waals surface area contributed by atoms with Crippen LogP contribution in [0.4, 0.5) is 34.1 Å². The molecular weight excluding hydrogens is 933 g/mol.